The number of amides is 1. The van der Waals surface area contributed by atoms with E-state index in [2.05, 4.69) is 17.3 Å². The van der Waals surface area contributed by atoms with Crippen molar-refractivity contribution in [3.63, 3.8) is 0 Å². The van der Waals surface area contributed by atoms with Gasteiger partial charge in [-0.1, -0.05) is 0 Å². The Labute approximate surface area is 91.2 Å². The summed E-state index contributed by atoms with van der Waals surface area (Å²) in [6.07, 6.45) is 2.37. The molecule has 1 aliphatic rings. The maximum absolute atomic E-state index is 11.4. The first kappa shape index (κ1) is 12.0. The lowest BCUT2D eigenvalue weighted by Crippen LogP contribution is -2.40. The summed E-state index contributed by atoms with van der Waals surface area (Å²) < 4.78 is 0. The standard InChI is InChI=1S/C11H19N3O/c1-9(6-12)11(15)13-7-10-4-3-5-14(2)8-10/h9-10H,3-5,7-8H2,1-2H3,(H,13,15). The number of hydrogen-bond donors (Lipinski definition) is 1. The van der Waals surface area contributed by atoms with Gasteiger partial charge in [-0.25, -0.2) is 0 Å². The van der Waals surface area contributed by atoms with Crippen molar-refractivity contribution in [2.45, 2.75) is 19.8 Å². The molecule has 84 valence electrons. The summed E-state index contributed by atoms with van der Waals surface area (Å²) in [4.78, 5) is 13.6. The molecule has 1 aliphatic heterocycles. The summed E-state index contributed by atoms with van der Waals surface area (Å²) in [5.41, 5.74) is 0. The normalized spacial score (nSPS) is 24.2. The molecule has 1 N–H and O–H groups in total. The fraction of sp³-hybridized carbons (Fsp3) is 0.818. The molecule has 4 heteroatoms. The van der Waals surface area contributed by atoms with E-state index < -0.39 is 5.92 Å². The van der Waals surface area contributed by atoms with Crippen molar-refractivity contribution >= 4 is 5.91 Å². The quantitative estimate of drug-likeness (QED) is 0.740. The van der Waals surface area contributed by atoms with Crippen LogP contribution in [0.1, 0.15) is 19.8 Å². The van der Waals surface area contributed by atoms with Crippen LogP contribution < -0.4 is 5.32 Å². The Morgan fingerprint density at radius 1 is 1.73 bits per heavy atom. The minimum absolute atomic E-state index is 0.147. The van der Waals surface area contributed by atoms with Crippen LogP contribution in [0.2, 0.25) is 0 Å². The van der Waals surface area contributed by atoms with Crippen LogP contribution in [0.4, 0.5) is 0 Å². The summed E-state index contributed by atoms with van der Waals surface area (Å²) in [6, 6.07) is 1.94. The van der Waals surface area contributed by atoms with Crippen LogP contribution in [0, 0.1) is 23.2 Å². The molecule has 0 aromatic heterocycles. The maximum Gasteiger partial charge on any atom is 0.237 e. The van der Waals surface area contributed by atoms with Gasteiger partial charge in [0, 0.05) is 13.1 Å². The molecule has 1 saturated heterocycles. The molecule has 1 heterocycles. The van der Waals surface area contributed by atoms with E-state index in [1.54, 1.807) is 6.92 Å². The SMILES string of the molecule is CC(C#N)C(=O)NCC1CCCN(C)C1. The van der Waals surface area contributed by atoms with Crippen molar-refractivity contribution in [2.75, 3.05) is 26.7 Å². The van der Waals surface area contributed by atoms with Gasteiger partial charge in [-0.15, -0.1) is 0 Å². The van der Waals surface area contributed by atoms with Crippen LogP contribution in [-0.2, 0) is 4.79 Å². The molecule has 0 spiro atoms. The number of likely N-dealkylation sites (tertiary alicyclic amines) is 1. The number of carbonyl (C=O) groups is 1. The van der Waals surface area contributed by atoms with Gasteiger partial charge in [-0.2, -0.15) is 5.26 Å². The second-order valence-corrected chi connectivity index (χ2v) is 4.37. The van der Waals surface area contributed by atoms with Crippen molar-refractivity contribution in [3.05, 3.63) is 0 Å². The second kappa shape index (κ2) is 5.72. The smallest absolute Gasteiger partial charge is 0.237 e. The van der Waals surface area contributed by atoms with E-state index in [9.17, 15) is 4.79 Å². The lowest BCUT2D eigenvalue weighted by atomic mass is 9.98. The van der Waals surface area contributed by atoms with Gasteiger partial charge in [0.25, 0.3) is 0 Å². The molecule has 0 saturated carbocycles. The Morgan fingerprint density at radius 3 is 3.07 bits per heavy atom. The highest BCUT2D eigenvalue weighted by molar-refractivity contribution is 5.80. The summed E-state index contributed by atoms with van der Waals surface area (Å²) in [5, 5.41) is 11.4. The van der Waals surface area contributed by atoms with Crippen molar-refractivity contribution in [2.24, 2.45) is 11.8 Å². The molecule has 1 rings (SSSR count). The molecule has 1 fully saturated rings. The number of nitrogens with zero attached hydrogens (tertiary/aromatic N) is 2. The molecule has 0 bridgehead atoms. The first-order valence-electron chi connectivity index (χ1n) is 5.49. The van der Waals surface area contributed by atoms with E-state index in [1.807, 2.05) is 6.07 Å². The van der Waals surface area contributed by atoms with Crippen LogP contribution in [0.3, 0.4) is 0 Å². The fourth-order valence-electron chi connectivity index (χ4n) is 1.90. The van der Waals surface area contributed by atoms with Gasteiger partial charge in [0.2, 0.25) is 5.91 Å². The predicted molar refractivity (Wildman–Crippen MR) is 58.0 cm³/mol. The zero-order chi connectivity index (χ0) is 11.3. The van der Waals surface area contributed by atoms with E-state index >= 15 is 0 Å². The molecule has 0 aromatic carbocycles. The third kappa shape index (κ3) is 3.88. The van der Waals surface area contributed by atoms with Gasteiger partial charge >= 0.3 is 0 Å². The summed E-state index contributed by atoms with van der Waals surface area (Å²) >= 11 is 0. The van der Waals surface area contributed by atoms with Gasteiger partial charge in [0.05, 0.1) is 6.07 Å². The van der Waals surface area contributed by atoms with E-state index in [4.69, 9.17) is 5.26 Å². The van der Waals surface area contributed by atoms with Crippen molar-refractivity contribution < 1.29 is 4.79 Å². The second-order valence-electron chi connectivity index (χ2n) is 4.37. The Hall–Kier alpha value is -1.08. The number of nitriles is 1. The van der Waals surface area contributed by atoms with Crippen molar-refractivity contribution in [3.8, 4) is 6.07 Å². The Bertz CT molecular complexity index is 259. The zero-order valence-corrected chi connectivity index (χ0v) is 9.49. The van der Waals surface area contributed by atoms with Gasteiger partial charge in [-0.3, -0.25) is 4.79 Å². The molecule has 0 aliphatic carbocycles. The van der Waals surface area contributed by atoms with Gasteiger partial charge in [0.1, 0.15) is 5.92 Å². The van der Waals surface area contributed by atoms with Crippen LogP contribution in [0.15, 0.2) is 0 Å². The first-order valence-corrected chi connectivity index (χ1v) is 5.49. The molecule has 15 heavy (non-hydrogen) atoms. The van der Waals surface area contributed by atoms with Crippen LogP contribution in [0.5, 0.6) is 0 Å². The summed E-state index contributed by atoms with van der Waals surface area (Å²) in [6.45, 7) is 4.53. The van der Waals surface area contributed by atoms with Gasteiger partial charge in [-0.05, 0) is 39.3 Å². The number of nitrogens with one attached hydrogen (secondary N) is 1. The monoisotopic (exact) mass is 209 g/mol. The Balaban J connectivity index is 2.25. The third-order valence-corrected chi connectivity index (χ3v) is 2.87. The maximum atomic E-state index is 11.4. The van der Waals surface area contributed by atoms with Crippen molar-refractivity contribution in [1.29, 1.82) is 5.26 Å². The largest absolute Gasteiger partial charge is 0.355 e. The topological polar surface area (TPSA) is 56.1 Å². The van der Waals surface area contributed by atoms with E-state index in [0.29, 0.717) is 12.5 Å². The number of piperidine rings is 1. The molecule has 0 aromatic rings. The van der Waals surface area contributed by atoms with E-state index in [-0.39, 0.29) is 5.91 Å². The first-order chi connectivity index (χ1) is 7.13. The average Bonchev–Trinajstić information content (AvgIpc) is 2.25. The number of rotatable bonds is 3. The summed E-state index contributed by atoms with van der Waals surface area (Å²) in [5.74, 6) is -0.143. The summed E-state index contributed by atoms with van der Waals surface area (Å²) in [7, 11) is 2.10. The van der Waals surface area contributed by atoms with Crippen molar-refractivity contribution in [1.82, 2.24) is 10.2 Å². The number of hydrogen-bond acceptors (Lipinski definition) is 3. The van der Waals surface area contributed by atoms with E-state index in [0.717, 1.165) is 13.1 Å². The van der Waals surface area contributed by atoms with Crippen LogP contribution >= 0.6 is 0 Å². The molecule has 2 unspecified atom stereocenters. The molecule has 1 amide bonds. The Kier molecular flexibility index (Phi) is 4.57. The lowest BCUT2D eigenvalue weighted by molar-refractivity contribution is -0.123. The third-order valence-electron chi connectivity index (χ3n) is 2.87. The average molecular weight is 209 g/mol. The molecule has 4 nitrogen and oxygen atoms in total. The predicted octanol–water partition coefficient (Wildman–Crippen LogP) is 0.604. The molecule has 2 atom stereocenters. The Morgan fingerprint density at radius 2 is 2.47 bits per heavy atom. The fourth-order valence-corrected chi connectivity index (χ4v) is 1.90. The van der Waals surface area contributed by atoms with Gasteiger partial charge in [0.15, 0.2) is 0 Å². The molecular weight excluding hydrogens is 190 g/mol. The van der Waals surface area contributed by atoms with Gasteiger partial charge < -0.3 is 10.2 Å². The highest BCUT2D eigenvalue weighted by Crippen LogP contribution is 2.13. The zero-order valence-electron chi connectivity index (χ0n) is 9.49. The minimum atomic E-state index is -0.536. The molecule has 0 radical (unpaired) electrons. The molecular formula is C11H19N3O. The van der Waals surface area contributed by atoms with E-state index in [1.165, 1.54) is 12.8 Å². The van der Waals surface area contributed by atoms with Crippen LogP contribution in [-0.4, -0.2) is 37.5 Å². The lowest BCUT2D eigenvalue weighted by Gasteiger charge is -2.29. The minimum Gasteiger partial charge on any atom is -0.355 e. The highest BCUT2D eigenvalue weighted by Gasteiger charge is 2.19. The van der Waals surface area contributed by atoms with Crippen LogP contribution in [0.25, 0.3) is 0 Å². The number of carbonyl (C=O) groups excluding carboxylic acids is 1. The highest BCUT2D eigenvalue weighted by atomic mass is 16.1.